The standard InChI is InChI=1S/C12H10BrF2NS/c13-12-4-2-9(17-12)7-16-6-8-1-3-10(14)11(15)5-8/h1-5,16H,6-7H2. The van der Waals surface area contributed by atoms with Crippen LogP contribution < -0.4 is 5.32 Å². The van der Waals surface area contributed by atoms with Crippen molar-refractivity contribution in [3.63, 3.8) is 0 Å². The van der Waals surface area contributed by atoms with Gasteiger partial charge < -0.3 is 5.32 Å². The Bertz CT molecular complexity index is 513. The van der Waals surface area contributed by atoms with Crippen LogP contribution in [0.1, 0.15) is 10.4 Å². The van der Waals surface area contributed by atoms with E-state index in [4.69, 9.17) is 0 Å². The highest BCUT2D eigenvalue weighted by Crippen LogP contribution is 2.21. The highest BCUT2D eigenvalue weighted by atomic mass is 79.9. The molecule has 5 heteroatoms. The monoisotopic (exact) mass is 317 g/mol. The van der Waals surface area contributed by atoms with Crippen LogP contribution >= 0.6 is 27.3 Å². The minimum Gasteiger partial charge on any atom is -0.308 e. The molecular formula is C12H10BrF2NS. The van der Waals surface area contributed by atoms with Gasteiger partial charge in [0.2, 0.25) is 0 Å². The molecule has 0 amide bonds. The van der Waals surface area contributed by atoms with E-state index < -0.39 is 11.6 Å². The van der Waals surface area contributed by atoms with E-state index in [1.54, 1.807) is 17.4 Å². The first-order chi connectivity index (χ1) is 8.15. The highest BCUT2D eigenvalue weighted by molar-refractivity contribution is 9.11. The topological polar surface area (TPSA) is 12.0 Å². The van der Waals surface area contributed by atoms with E-state index in [2.05, 4.69) is 21.2 Å². The lowest BCUT2D eigenvalue weighted by Gasteiger charge is -2.03. The first-order valence-corrected chi connectivity index (χ1v) is 6.65. The van der Waals surface area contributed by atoms with Crippen molar-refractivity contribution in [2.45, 2.75) is 13.1 Å². The molecule has 0 fully saturated rings. The van der Waals surface area contributed by atoms with Gasteiger partial charge in [-0.3, -0.25) is 0 Å². The van der Waals surface area contributed by atoms with Crippen molar-refractivity contribution in [3.05, 3.63) is 56.2 Å². The molecular weight excluding hydrogens is 308 g/mol. The summed E-state index contributed by atoms with van der Waals surface area (Å²) in [6, 6.07) is 7.95. The Morgan fingerprint density at radius 2 is 1.88 bits per heavy atom. The van der Waals surface area contributed by atoms with Crippen LogP contribution in [0, 0.1) is 11.6 Å². The van der Waals surface area contributed by atoms with Gasteiger partial charge in [-0.05, 0) is 45.8 Å². The molecule has 0 atom stereocenters. The van der Waals surface area contributed by atoms with E-state index in [0.29, 0.717) is 6.54 Å². The van der Waals surface area contributed by atoms with Crippen LogP contribution in [0.5, 0.6) is 0 Å². The molecule has 1 aromatic heterocycles. The number of thiophene rings is 1. The SMILES string of the molecule is Fc1ccc(CNCc2ccc(Br)s2)cc1F. The molecule has 0 saturated heterocycles. The van der Waals surface area contributed by atoms with Gasteiger partial charge >= 0.3 is 0 Å². The van der Waals surface area contributed by atoms with E-state index in [0.717, 1.165) is 22.0 Å². The molecule has 0 aliphatic rings. The summed E-state index contributed by atoms with van der Waals surface area (Å²) in [5, 5.41) is 3.18. The van der Waals surface area contributed by atoms with E-state index in [9.17, 15) is 8.78 Å². The summed E-state index contributed by atoms with van der Waals surface area (Å²) >= 11 is 5.03. The minimum atomic E-state index is -0.809. The van der Waals surface area contributed by atoms with E-state index in [1.807, 2.05) is 12.1 Å². The van der Waals surface area contributed by atoms with Crippen molar-refractivity contribution < 1.29 is 8.78 Å². The lowest BCUT2D eigenvalue weighted by molar-refractivity contribution is 0.506. The smallest absolute Gasteiger partial charge is 0.159 e. The summed E-state index contributed by atoms with van der Waals surface area (Å²) in [4.78, 5) is 1.19. The Hall–Kier alpha value is -0.780. The third kappa shape index (κ3) is 3.59. The van der Waals surface area contributed by atoms with Gasteiger partial charge in [-0.1, -0.05) is 6.07 Å². The van der Waals surface area contributed by atoms with E-state index in [-0.39, 0.29) is 0 Å². The zero-order valence-corrected chi connectivity index (χ0v) is 11.2. The molecule has 1 N–H and O–H groups in total. The number of benzene rings is 1. The van der Waals surface area contributed by atoms with Crippen LogP contribution in [-0.4, -0.2) is 0 Å². The van der Waals surface area contributed by atoms with E-state index in [1.165, 1.54) is 10.9 Å². The Morgan fingerprint density at radius 3 is 2.53 bits per heavy atom. The van der Waals surface area contributed by atoms with Crippen molar-refractivity contribution in [2.75, 3.05) is 0 Å². The molecule has 2 rings (SSSR count). The fourth-order valence-corrected chi connectivity index (χ4v) is 2.88. The molecule has 0 aliphatic heterocycles. The molecule has 90 valence electrons. The molecule has 1 nitrogen and oxygen atoms in total. The molecule has 0 unspecified atom stereocenters. The van der Waals surface area contributed by atoms with Crippen molar-refractivity contribution in [2.24, 2.45) is 0 Å². The van der Waals surface area contributed by atoms with E-state index >= 15 is 0 Å². The van der Waals surface area contributed by atoms with Gasteiger partial charge in [0.25, 0.3) is 0 Å². The Morgan fingerprint density at radius 1 is 1.06 bits per heavy atom. The second kappa shape index (κ2) is 5.71. The predicted molar refractivity (Wildman–Crippen MR) is 68.9 cm³/mol. The molecule has 2 aromatic rings. The first kappa shape index (κ1) is 12.7. The van der Waals surface area contributed by atoms with Gasteiger partial charge in [0.15, 0.2) is 11.6 Å². The summed E-state index contributed by atoms with van der Waals surface area (Å²) in [6.45, 7) is 1.24. The number of nitrogens with one attached hydrogen (secondary N) is 1. The first-order valence-electron chi connectivity index (χ1n) is 5.04. The molecule has 1 heterocycles. The Labute approximate surface area is 111 Å². The normalized spacial score (nSPS) is 10.8. The van der Waals surface area contributed by atoms with Crippen LogP contribution in [0.15, 0.2) is 34.1 Å². The maximum absolute atomic E-state index is 12.9. The number of rotatable bonds is 4. The van der Waals surface area contributed by atoms with Crippen LogP contribution in [0.4, 0.5) is 8.78 Å². The number of halogens is 3. The Kier molecular flexibility index (Phi) is 4.25. The molecule has 0 spiro atoms. The predicted octanol–water partition coefficient (Wildman–Crippen LogP) is 4.08. The summed E-state index contributed by atoms with van der Waals surface area (Å²) in [5.41, 5.74) is 0.736. The minimum absolute atomic E-state index is 0.521. The molecule has 0 saturated carbocycles. The summed E-state index contributed by atoms with van der Waals surface area (Å²) in [5.74, 6) is -1.61. The van der Waals surface area contributed by atoms with Crippen molar-refractivity contribution in [1.29, 1.82) is 0 Å². The summed E-state index contributed by atoms with van der Waals surface area (Å²) in [6.07, 6.45) is 0. The van der Waals surface area contributed by atoms with Crippen molar-refractivity contribution in [1.82, 2.24) is 5.32 Å². The second-order valence-corrected chi connectivity index (χ2v) is 6.11. The molecule has 0 radical (unpaired) electrons. The number of hydrogen-bond acceptors (Lipinski definition) is 2. The van der Waals surface area contributed by atoms with Crippen LogP contribution in [-0.2, 0) is 13.1 Å². The average molecular weight is 318 g/mol. The zero-order valence-electron chi connectivity index (χ0n) is 8.84. The highest BCUT2D eigenvalue weighted by Gasteiger charge is 2.02. The lowest BCUT2D eigenvalue weighted by Crippen LogP contribution is -2.11. The van der Waals surface area contributed by atoms with Gasteiger partial charge in [0, 0.05) is 18.0 Å². The molecule has 0 aliphatic carbocycles. The maximum atomic E-state index is 12.9. The molecule has 17 heavy (non-hydrogen) atoms. The average Bonchev–Trinajstić information content (AvgIpc) is 2.70. The zero-order chi connectivity index (χ0) is 12.3. The van der Waals surface area contributed by atoms with Gasteiger partial charge in [0.1, 0.15) is 0 Å². The quantitative estimate of drug-likeness (QED) is 0.896. The van der Waals surface area contributed by atoms with Crippen LogP contribution in [0.25, 0.3) is 0 Å². The van der Waals surface area contributed by atoms with Gasteiger partial charge in [-0.15, -0.1) is 11.3 Å². The fraction of sp³-hybridized carbons (Fsp3) is 0.167. The third-order valence-corrected chi connectivity index (χ3v) is 3.86. The lowest BCUT2D eigenvalue weighted by atomic mass is 10.2. The Balaban J connectivity index is 1.87. The fourth-order valence-electron chi connectivity index (χ4n) is 1.43. The summed E-state index contributed by atoms with van der Waals surface area (Å²) in [7, 11) is 0. The van der Waals surface area contributed by atoms with Crippen molar-refractivity contribution in [3.8, 4) is 0 Å². The van der Waals surface area contributed by atoms with Crippen LogP contribution in [0.2, 0.25) is 0 Å². The maximum Gasteiger partial charge on any atom is 0.159 e. The largest absolute Gasteiger partial charge is 0.308 e. The van der Waals surface area contributed by atoms with Gasteiger partial charge in [-0.2, -0.15) is 0 Å². The summed E-state index contributed by atoms with van der Waals surface area (Å²) < 4.78 is 26.7. The second-order valence-electron chi connectivity index (χ2n) is 3.56. The molecule has 0 bridgehead atoms. The van der Waals surface area contributed by atoms with Gasteiger partial charge in [0.05, 0.1) is 3.79 Å². The van der Waals surface area contributed by atoms with Crippen molar-refractivity contribution >= 4 is 27.3 Å². The molecule has 1 aromatic carbocycles. The van der Waals surface area contributed by atoms with Gasteiger partial charge in [-0.25, -0.2) is 8.78 Å². The number of hydrogen-bond donors (Lipinski definition) is 1. The third-order valence-electron chi connectivity index (χ3n) is 2.24. The van der Waals surface area contributed by atoms with Crippen LogP contribution in [0.3, 0.4) is 0 Å².